The van der Waals surface area contributed by atoms with Crippen LogP contribution in [0.1, 0.15) is 26.7 Å². The third-order valence-corrected chi connectivity index (χ3v) is 3.62. The molecule has 0 aromatic carbocycles. The molecule has 0 saturated heterocycles. The molecule has 114 valence electrons. The summed E-state index contributed by atoms with van der Waals surface area (Å²) < 4.78 is 5.63. The molecule has 0 bridgehead atoms. The van der Waals surface area contributed by atoms with E-state index in [0.717, 1.165) is 12.8 Å². The number of nitrogens with zero attached hydrogens (tertiary/aromatic N) is 3. The molecule has 2 atom stereocenters. The van der Waals surface area contributed by atoms with E-state index in [9.17, 15) is 10.1 Å². The molecule has 1 heterocycles. The van der Waals surface area contributed by atoms with E-state index in [1.807, 2.05) is 6.92 Å². The van der Waals surface area contributed by atoms with E-state index in [1.54, 1.807) is 0 Å². The van der Waals surface area contributed by atoms with Crippen LogP contribution in [0, 0.1) is 22.0 Å². The Balaban J connectivity index is 2.11. The molecule has 1 aliphatic rings. The van der Waals surface area contributed by atoms with Gasteiger partial charge in [0.05, 0.1) is 11.5 Å². The largest absolute Gasteiger partial charge is 0.472 e. The van der Waals surface area contributed by atoms with Crippen molar-refractivity contribution in [2.24, 2.45) is 11.8 Å². The minimum absolute atomic E-state index is 0.0349. The zero-order chi connectivity index (χ0) is 15.2. The third-order valence-electron chi connectivity index (χ3n) is 3.62. The van der Waals surface area contributed by atoms with Gasteiger partial charge in [0.1, 0.15) is 6.20 Å². The zero-order valence-electron chi connectivity index (χ0n) is 12.3. The molecule has 7 heteroatoms. The lowest BCUT2D eigenvalue weighted by Crippen LogP contribution is -2.21. The van der Waals surface area contributed by atoms with Gasteiger partial charge in [-0.05, 0) is 31.6 Å². The van der Waals surface area contributed by atoms with Crippen LogP contribution in [0.2, 0.25) is 0 Å². The molecule has 1 aliphatic carbocycles. The van der Waals surface area contributed by atoms with E-state index < -0.39 is 4.92 Å². The maximum Gasteiger partial charge on any atom is 0.349 e. The van der Waals surface area contributed by atoms with Crippen molar-refractivity contribution < 1.29 is 9.66 Å². The van der Waals surface area contributed by atoms with Crippen molar-refractivity contribution in [1.82, 2.24) is 9.97 Å². The smallest absolute Gasteiger partial charge is 0.349 e. The van der Waals surface area contributed by atoms with Gasteiger partial charge in [0.15, 0.2) is 0 Å². The van der Waals surface area contributed by atoms with Crippen LogP contribution in [0.5, 0.6) is 5.88 Å². The Morgan fingerprint density at radius 2 is 2.24 bits per heavy atom. The summed E-state index contributed by atoms with van der Waals surface area (Å²) in [6.45, 7) is 5.13. The van der Waals surface area contributed by atoms with Crippen LogP contribution >= 0.6 is 0 Å². The molecule has 21 heavy (non-hydrogen) atoms. The van der Waals surface area contributed by atoms with E-state index >= 15 is 0 Å². The van der Waals surface area contributed by atoms with Crippen LogP contribution in [0.25, 0.3) is 0 Å². The summed E-state index contributed by atoms with van der Waals surface area (Å²) in [6.07, 6.45) is 7.43. The summed E-state index contributed by atoms with van der Waals surface area (Å²) in [5.74, 6) is 1.23. The fraction of sp³-hybridized carbons (Fsp3) is 0.571. The molecular formula is C14H20N4O3. The number of anilines is 1. The van der Waals surface area contributed by atoms with Gasteiger partial charge in [0.2, 0.25) is 5.95 Å². The van der Waals surface area contributed by atoms with Crippen LogP contribution in [0.3, 0.4) is 0 Å². The van der Waals surface area contributed by atoms with Gasteiger partial charge < -0.3 is 10.1 Å². The highest BCUT2D eigenvalue weighted by Gasteiger charge is 2.23. The highest BCUT2D eigenvalue weighted by Crippen LogP contribution is 2.29. The quantitative estimate of drug-likeness (QED) is 0.492. The Bertz CT molecular complexity index is 533. The molecule has 0 radical (unpaired) electrons. The summed E-state index contributed by atoms with van der Waals surface area (Å²) in [5.41, 5.74) is -0.198. The van der Waals surface area contributed by atoms with E-state index in [1.165, 1.54) is 6.20 Å². The minimum Gasteiger partial charge on any atom is -0.472 e. The van der Waals surface area contributed by atoms with Gasteiger partial charge in [-0.3, -0.25) is 10.1 Å². The summed E-state index contributed by atoms with van der Waals surface area (Å²) in [7, 11) is 0. The van der Waals surface area contributed by atoms with Gasteiger partial charge in [0, 0.05) is 6.54 Å². The maximum atomic E-state index is 11.0. The molecular weight excluding hydrogens is 272 g/mol. The van der Waals surface area contributed by atoms with Crippen molar-refractivity contribution in [1.29, 1.82) is 0 Å². The Morgan fingerprint density at radius 3 is 2.90 bits per heavy atom. The topological polar surface area (TPSA) is 90.2 Å². The second-order valence-corrected chi connectivity index (χ2v) is 5.16. The fourth-order valence-corrected chi connectivity index (χ4v) is 2.26. The van der Waals surface area contributed by atoms with E-state index in [4.69, 9.17) is 4.74 Å². The highest BCUT2D eigenvalue weighted by molar-refractivity contribution is 5.43. The molecule has 0 spiro atoms. The summed E-state index contributed by atoms with van der Waals surface area (Å²) in [5, 5.41) is 13.9. The van der Waals surface area contributed by atoms with Gasteiger partial charge >= 0.3 is 5.69 Å². The van der Waals surface area contributed by atoms with Crippen molar-refractivity contribution in [3.63, 3.8) is 0 Å². The number of ether oxygens (including phenoxy) is 1. The number of aromatic nitrogens is 2. The fourth-order valence-electron chi connectivity index (χ4n) is 2.26. The third kappa shape index (κ3) is 3.90. The average Bonchev–Trinajstić information content (AvgIpc) is 2.46. The molecule has 1 aromatic heterocycles. The molecule has 1 N–H and O–H groups in total. The number of nitro groups is 1. The first-order chi connectivity index (χ1) is 10.1. The molecule has 2 rings (SSSR count). The van der Waals surface area contributed by atoms with Crippen LogP contribution in [0.4, 0.5) is 11.6 Å². The maximum absolute atomic E-state index is 11.0. The van der Waals surface area contributed by atoms with Gasteiger partial charge in [-0.15, -0.1) is 0 Å². The van der Waals surface area contributed by atoms with Crippen LogP contribution in [-0.2, 0) is 0 Å². The van der Waals surface area contributed by atoms with E-state index in [2.05, 4.69) is 34.4 Å². The number of allylic oxidation sites excluding steroid dienone is 2. The van der Waals surface area contributed by atoms with Crippen LogP contribution in [0.15, 0.2) is 18.3 Å². The molecule has 0 aliphatic heterocycles. The highest BCUT2D eigenvalue weighted by atomic mass is 16.6. The second kappa shape index (κ2) is 7.01. The number of rotatable bonds is 6. The molecule has 7 nitrogen and oxygen atoms in total. The van der Waals surface area contributed by atoms with Crippen molar-refractivity contribution >= 4 is 11.6 Å². The van der Waals surface area contributed by atoms with Crippen LogP contribution < -0.4 is 10.1 Å². The minimum atomic E-state index is -0.519. The lowest BCUT2D eigenvalue weighted by Gasteiger charge is -2.24. The van der Waals surface area contributed by atoms with Gasteiger partial charge in [-0.2, -0.15) is 4.98 Å². The molecule has 1 aromatic rings. The van der Waals surface area contributed by atoms with E-state index in [0.29, 0.717) is 30.9 Å². The van der Waals surface area contributed by atoms with Gasteiger partial charge in [-0.1, -0.05) is 19.1 Å². The predicted molar refractivity (Wildman–Crippen MR) is 79.4 cm³/mol. The summed E-state index contributed by atoms with van der Waals surface area (Å²) in [6, 6.07) is 0. The number of hydrogen-bond donors (Lipinski definition) is 1. The molecule has 0 amide bonds. The summed E-state index contributed by atoms with van der Waals surface area (Å²) in [4.78, 5) is 18.5. The first kappa shape index (κ1) is 15.2. The lowest BCUT2D eigenvalue weighted by atomic mass is 9.85. The first-order valence-corrected chi connectivity index (χ1v) is 7.15. The van der Waals surface area contributed by atoms with Crippen molar-refractivity contribution in [2.45, 2.75) is 26.7 Å². The van der Waals surface area contributed by atoms with Crippen LogP contribution in [-0.4, -0.2) is 28.0 Å². The average molecular weight is 292 g/mol. The number of hydrogen-bond acceptors (Lipinski definition) is 6. The number of nitrogens with one attached hydrogen (secondary N) is 1. The summed E-state index contributed by atoms with van der Waals surface area (Å²) >= 11 is 0. The van der Waals surface area contributed by atoms with Crippen molar-refractivity contribution in [3.8, 4) is 5.88 Å². The second-order valence-electron chi connectivity index (χ2n) is 5.16. The first-order valence-electron chi connectivity index (χ1n) is 7.15. The Hall–Kier alpha value is -2.18. The zero-order valence-corrected chi connectivity index (χ0v) is 12.3. The Morgan fingerprint density at radius 1 is 1.48 bits per heavy atom. The predicted octanol–water partition coefficient (Wildman–Crippen LogP) is 2.80. The van der Waals surface area contributed by atoms with Crippen molar-refractivity contribution in [3.05, 3.63) is 28.5 Å². The Kier molecular flexibility index (Phi) is 5.08. The SMILES string of the molecule is CCNc1ncc([N+](=O)[O-])c(OCC2CC=CCC2C)n1. The molecule has 2 unspecified atom stereocenters. The lowest BCUT2D eigenvalue weighted by molar-refractivity contribution is -0.386. The van der Waals surface area contributed by atoms with E-state index in [-0.39, 0.29) is 11.6 Å². The Labute approximate surface area is 123 Å². The normalized spacial score (nSPS) is 21.0. The van der Waals surface area contributed by atoms with Gasteiger partial charge in [0.25, 0.3) is 5.88 Å². The molecule has 0 saturated carbocycles. The van der Waals surface area contributed by atoms with Gasteiger partial charge in [-0.25, -0.2) is 4.98 Å². The standard InChI is InChI=1S/C14H20N4O3/c1-3-15-14-16-8-12(18(19)20)13(17-14)21-9-11-7-5-4-6-10(11)2/h4-5,8,10-11H,3,6-7,9H2,1-2H3,(H,15,16,17). The monoisotopic (exact) mass is 292 g/mol. The molecule has 0 fully saturated rings. The van der Waals surface area contributed by atoms with Crippen molar-refractivity contribution in [2.75, 3.05) is 18.5 Å².